The van der Waals surface area contributed by atoms with Crippen LogP contribution >= 0.6 is 0 Å². The predicted octanol–water partition coefficient (Wildman–Crippen LogP) is 0.692. The molecule has 1 rings (SSSR count). The summed E-state index contributed by atoms with van der Waals surface area (Å²) in [5.41, 5.74) is 4.86. The molecule has 0 radical (unpaired) electrons. The van der Waals surface area contributed by atoms with Crippen molar-refractivity contribution in [1.29, 1.82) is 0 Å². The number of aryl methyl sites for hydroxylation is 1. The van der Waals surface area contributed by atoms with Crippen molar-refractivity contribution in [3.05, 3.63) is 12.7 Å². The molecule has 0 aliphatic rings. The minimum Gasteiger partial charge on any atom is -0.368 e. The van der Waals surface area contributed by atoms with Gasteiger partial charge >= 0.3 is 0 Å². The van der Waals surface area contributed by atoms with Crippen LogP contribution < -0.4 is 11.1 Å². The van der Waals surface area contributed by atoms with Gasteiger partial charge in [0, 0.05) is 6.54 Å². The van der Waals surface area contributed by atoms with Gasteiger partial charge in [0.15, 0.2) is 0 Å². The quantitative estimate of drug-likeness (QED) is 0.634. The van der Waals surface area contributed by atoms with E-state index in [1.54, 1.807) is 11.0 Å². The van der Waals surface area contributed by atoms with E-state index in [9.17, 15) is 4.79 Å². The van der Waals surface area contributed by atoms with E-state index in [2.05, 4.69) is 22.3 Å². The van der Waals surface area contributed by atoms with Crippen molar-refractivity contribution in [1.82, 2.24) is 20.1 Å². The third kappa shape index (κ3) is 4.44. The largest absolute Gasteiger partial charge is 0.368 e. The number of carbonyl (C=O) groups is 1. The molecule has 0 spiro atoms. The molecule has 3 N–H and O–H groups in total. The number of rotatable bonds is 9. The van der Waals surface area contributed by atoms with E-state index in [0.717, 1.165) is 38.8 Å². The number of hydrogen-bond donors (Lipinski definition) is 2. The lowest BCUT2D eigenvalue weighted by Gasteiger charge is -2.27. The Morgan fingerprint density at radius 3 is 2.83 bits per heavy atom. The molecule has 6 heteroatoms. The summed E-state index contributed by atoms with van der Waals surface area (Å²) in [6.45, 7) is 5.57. The molecular formula is C12H23N5O. The standard InChI is InChI=1S/C12H23N5O/c1-3-7-15-12(2,11(13)18)6-4-5-8-17-10-14-9-16-17/h9-10,15H,3-8H2,1-2H3,(H2,13,18). The molecular weight excluding hydrogens is 230 g/mol. The molecule has 18 heavy (non-hydrogen) atoms. The zero-order valence-electron chi connectivity index (χ0n) is 11.2. The first-order valence-electron chi connectivity index (χ1n) is 6.46. The Morgan fingerprint density at radius 1 is 1.50 bits per heavy atom. The van der Waals surface area contributed by atoms with Gasteiger partial charge in [0.25, 0.3) is 0 Å². The Hall–Kier alpha value is -1.43. The van der Waals surface area contributed by atoms with Crippen molar-refractivity contribution in [2.75, 3.05) is 6.54 Å². The van der Waals surface area contributed by atoms with Crippen molar-refractivity contribution in [2.45, 2.75) is 51.6 Å². The lowest BCUT2D eigenvalue weighted by molar-refractivity contribution is -0.124. The maximum absolute atomic E-state index is 11.5. The summed E-state index contributed by atoms with van der Waals surface area (Å²) in [7, 11) is 0. The highest BCUT2D eigenvalue weighted by atomic mass is 16.1. The van der Waals surface area contributed by atoms with Gasteiger partial charge in [-0.2, -0.15) is 5.10 Å². The minimum atomic E-state index is -0.599. The number of nitrogens with two attached hydrogens (primary N) is 1. The van der Waals surface area contributed by atoms with Crippen molar-refractivity contribution in [2.24, 2.45) is 5.73 Å². The normalized spacial score (nSPS) is 14.3. The van der Waals surface area contributed by atoms with Crippen LogP contribution in [0.2, 0.25) is 0 Å². The second-order valence-electron chi connectivity index (χ2n) is 4.74. The molecule has 102 valence electrons. The smallest absolute Gasteiger partial charge is 0.237 e. The highest BCUT2D eigenvalue weighted by Gasteiger charge is 2.29. The van der Waals surface area contributed by atoms with Gasteiger partial charge in [-0.05, 0) is 39.2 Å². The van der Waals surface area contributed by atoms with Crippen molar-refractivity contribution < 1.29 is 4.79 Å². The summed E-state index contributed by atoms with van der Waals surface area (Å²) in [6, 6.07) is 0. The number of aromatic nitrogens is 3. The topological polar surface area (TPSA) is 85.8 Å². The predicted molar refractivity (Wildman–Crippen MR) is 69.8 cm³/mol. The fourth-order valence-electron chi connectivity index (χ4n) is 1.80. The summed E-state index contributed by atoms with van der Waals surface area (Å²) in [5, 5.41) is 7.26. The van der Waals surface area contributed by atoms with E-state index in [1.165, 1.54) is 6.33 Å². The van der Waals surface area contributed by atoms with Gasteiger partial charge < -0.3 is 11.1 Å². The van der Waals surface area contributed by atoms with Crippen molar-refractivity contribution in [3.8, 4) is 0 Å². The van der Waals surface area contributed by atoms with Crippen molar-refractivity contribution in [3.63, 3.8) is 0 Å². The number of amides is 1. The summed E-state index contributed by atoms with van der Waals surface area (Å²) < 4.78 is 1.79. The third-order valence-corrected chi connectivity index (χ3v) is 3.09. The fraction of sp³-hybridized carbons (Fsp3) is 0.750. The molecule has 1 aromatic heterocycles. The summed E-state index contributed by atoms with van der Waals surface area (Å²) in [4.78, 5) is 15.4. The zero-order valence-corrected chi connectivity index (χ0v) is 11.2. The van der Waals surface area contributed by atoms with Gasteiger partial charge in [0.1, 0.15) is 12.7 Å². The number of nitrogens with one attached hydrogen (secondary N) is 1. The third-order valence-electron chi connectivity index (χ3n) is 3.09. The first-order chi connectivity index (χ1) is 8.58. The molecule has 0 fully saturated rings. The zero-order chi connectivity index (χ0) is 13.4. The number of primary amides is 1. The monoisotopic (exact) mass is 253 g/mol. The van der Waals surface area contributed by atoms with E-state index in [4.69, 9.17) is 5.73 Å². The van der Waals surface area contributed by atoms with E-state index in [-0.39, 0.29) is 5.91 Å². The summed E-state index contributed by atoms with van der Waals surface area (Å²) in [5.74, 6) is -0.281. The van der Waals surface area contributed by atoms with Gasteiger partial charge in [0.05, 0.1) is 5.54 Å². The molecule has 0 saturated heterocycles. The molecule has 0 aliphatic carbocycles. The van der Waals surface area contributed by atoms with Crippen LogP contribution in [0.15, 0.2) is 12.7 Å². The average molecular weight is 253 g/mol. The second-order valence-corrected chi connectivity index (χ2v) is 4.74. The highest BCUT2D eigenvalue weighted by molar-refractivity contribution is 5.84. The van der Waals surface area contributed by atoms with Gasteiger partial charge in [0.2, 0.25) is 5.91 Å². The molecule has 1 aromatic rings. The minimum absolute atomic E-state index is 0.281. The number of hydrogen-bond acceptors (Lipinski definition) is 4. The fourth-order valence-corrected chi connectivity index (χ4v) is 1.80. The molecule has 0 bridgehead atoms. The number of unbranched alkanes of at least 4 members (excludes halogenated alkanes) is 1. The van der Waals surface area contributed by atoms with Gasteiger partial charge in [-0.1, -0.05) is 6.92 Å². The van der Waals surface area contributed by atoms with Crippen LogP contribution in [0.25, 0.3) is 0 Å². The van der Waals surface area contributed by atoms with Crippen LogP contribution in [0.5, 0.6) is 0 Å². The van der Waals surface area contributed by atoms with Crippen LogP contribution in [0.3, 0.4) is 0 Å². The first-order valence-corrected chi connectivity index (χ1v) is 6.46. The number of carbonyl (C=O) groups excluding carboxylic acids is 1. The molecule has 0 aromatic carbocycles. The maximum Gasteiger partial charge on any atom is 0.237 e. The van der Waals surface area contributed by atoms with Gasteiger partial charge in [-0.25, -0.2) is 4.98 Å². The first kappa shape index (κ1) is 14.6. The SMILES string of the molecule is CCCNC(C)(CCCCn1cncn1)C(N)=O. The van der Waals surface area contributed by atoms with E-state index in [0.29, 0.717) is 0 Å². The molecule has 1 amide bonds. The Labute approximate surface area is 108 Å². The molecule has 1 atom stereocenters. The molecule has 0 aliphatic heterocycles. The van der Waals surface area contributed by atoms with Crippen LogP contribution in [0, 0.1) is 0 Å². The Kier molecular flexibility index (Phi) is 5.77. The molecule has 1 unspecified atom stereocenters. The number of nitrogens with zero attached hydrogens (tertiary/aromatic N) is 3. The molecule has 1 heterocycles. The van der Waals surface area contributed by atoms with Crippen LogP contribution in [-0.4, -0.2) is 32.8 Å². The molecule has 0 saturated carbocycles. The van der Waals surface area contributed by atoms with E-state index in [1.807, 2.05) is 6.92 Å². The molecule has 6 nitrogen and oxygen atoms in total. The van der Waals surface area contributed by atoms with E-state index < -0.39 is 5.54 Å². The van der Waals surface area contributed by atoms with Crippen LogP contribution in [0.4, 0.5) is 0 Å². The summed E-state index contributed by atoms with van der Waals surface area (Å²) >= 11 is 0. The lowest BCUT2D eigenvalue weighted by atomic mass is 9.94. The Morgan fingerprint density at radius 2 is 2.28 bits per heavy atom. The lowest BCUT2D eigenvalue weighted by Crippen LogP contribution is -2.53. The highest BCUT2D eigenvalue weighted by Crippen LogP contribution is 2.14. The maximum atomic E-state index is 11.5. The Balaban J connectivity index is 2.31. The van der Waals surface area contributed by atoms with E-state index >= 15 is 0 Å². The van der Waals surface area contributed by atoms with Crippen LogP contribution in [0.1, 0.15) is 39.5 Å². The summed E-state index contributed by atoms with van der Waals surface area (Å²) in [6.07, 6.45) is 6.84. The van der Waals surface area contributed by atoms with Gasteiger partial charge in [-0.3, -0.25) is 9.48 Å². The van der Waals surface area contributed by atoms with Crippen LogP contribution in [-0.2, 0) is 11.3 Å². The Bertz CT molecular complexity index is 351. The average Bonchev–Trinajstić information content (AvgIpc) is 2.85. The van der Waals surface area contributed by atoms with Crippen molar-refractivity contribution >= 4 is 5.91 Å². The second kappa shape index (κ2) is 7.10. The van der Waals surface area contributed by atoms with Gasteiger partial charge in [-0.15, -0.1) is 0 Å².